The van der Waals surface area contributed by atoms with E-state index in [0.29, 0.717) is 28.9 Å². The molecule has 0 spiro atoms. The Labute approximate surface area is 127 Å². The lowest BCUT2D eigenvalue weighted by atomic mass is 10.1. The number of hydrogen-bond acceptors (Lipinski definition) is 5. The van der Waals surface area contributed by atoms with Gasteiger partial charge in [0.1, 0.15) is 11.5 Å². The molecular formula is C16H15N3O3. The van der Waals surface area contributed by atoms with E-state index in [1.165, 1.54) is 17.1 Å². The van der Waals surface area contributed by atoms with Crippen molar-refractivity contribution >= 4 is 10.9 Å². The fourth-order valence-corrected chi connectivity index (χ4v) is 2.37. The molecule has 0 atom stereocenters. The molecule has 0 radical (unpaired) electrons. The lowest BCUT2D eigenvalue weighted by molar-refractivity contribution is 0.383. The lowest BCUT2D eigenvalue weighted by Gasteiger charge is -2.14. The van der Waals surface area contributed by atoms with Gasteiger partial charge in [0.25, 0.3) is 5.56 Å². The van der Waals surface area contributed by atoms with Crippen molar-refractivity contribution in [3.05, 3.63) is 58.9 Å². The molecule has 0 aliphatic rings. The molecule has 6 nitrogen and oxygen atoms in total. The first-order chi connectivity index (χ1) is 10.7. The molecule has 6 heteroatoms. The van der Waals surface area contributed by atoms with Crippen LogP contribution in [-0.4, -0.2) is 28.8 Å². The molecule has 0 bridgehead atoms. The molecule has 3 aromatic rings. The van der Waals surface area contributed by atoms with Crippen LogP contribution in [0.25, 0.3) is 10.9 Å². The molecule has 112 valence electrons. The number of pyridine rings is 1. The summed E-state index contributed by atoms with van der Waals surface area (Å²) in [4.78, 5) is 20.8. The van der Waals surface area contributed by atoms with Crippen molar-refractivity contribution < 1.29 is 9.47 Å². The second kappa shape index (κ2) is 5.85. The minimum atomic E-state index is -0.147. The number of benzene rings is 1. The van der Waals surface area contributed by atoms with E-state index in [1.807, 2.05) is 18.2 Å². The summed E-state index contributed by atoms with van der Waals surface area (Å²) in [6.45, 7) is 0.309. The van der Waals surface area contributed by atoms with Gasteiger partial charge in [-0.3, -0.25) is 14.3 Å². The number of fused-ring (bicyclic) bond motifs is 1. The summed E-state index contributed by atoms with van der Waals surface area (Å²) >= 11 is 0. The van der Waals surface area contributed by atoms with Crippen LogP contribution in [0.1, 0.15) is 5.56 Å². The smallest absolute Gasteiger partial charge is 0.263 e. The van der Waals surface area contributed by atoms with Crippen molar-refractivity contribution in [3.63, 3.8) is 0 Å². The van der Waals surface area contributed by atoms with Crippen LogP contribution in [0.15, 0.2) is 47.8 Å². The van der Waals surface area contributed by atoms with Crippen molar-refractivity contribution in [1.29, 1.82) is 0 Å². The quantitative estimate of drug-likeness (QED) is 0.735. The number of nitrogens with zero attached hydrogens (tertiary/aromatic N) is 3. The van der Waals surface area contributed by atoms with E-state index in [9.17, 15) is 4.79 Å². The average molecular weight is 297 g/mol. The predicted octanol–water partition coefficient (Wildman–Crippen LogP) is 1.86. The third-order valence-electron chi connectivity index (χ3n) is 3.48. The Kier molecular flexibility index (Phi) is 3.74. The monoisotopic (exact) mass is 297 g/mol. The zero-order chi connectivity index (χ0) is 15.5. The van der Waals surface area contributed by atoms with Gasteiger partial charge in [0.15, 0.2) is 0 Å². The van der Waals surface area contributed by atoms with Crippen molar-refractivity contribution in [1.82, 2.24) is 14.5 Å². The maximum atomic E-state index is 12.5. The summed E-state index contributed by atoms with van der Waals surface area (Å²) in [7, 11) is 3.17. The topological polar surface area (TPSA) is 66.2 Å². The molecule has 0 fully saturated rings. The van der Waals surface area contributed by atoms with Crippen LogP contribution in [0, 0.1) is 0 Å². The largest absolute Gasteiger partial charge is 0.496 e. The summed E-state index contributed by atoms with van der Waals surface area (Å²) in [5, 5.41) is 0.485. The third kappa shape index (κ3) is 2.39. The highest BCUT2D eigenvalue weighted by Gasteiger charge is 2.12. The first kappa shape index (κ1) is 14.1. The van der Waals surface area contributed by atoms with Crippen LogP contribution in [-0.2, 0) is 6.54 Å². The van der Waals surface area contributed by atoms with Crippen LogP contribution in [0.2, 0.25) is 0 Å². The summed E-state index contributed by atoms with van der Waals surface area (Å²) in [6, 6.07) is 7.22. The van der Waals surface area contributed by atoms with Crippen LogP contribution < -0.4 is 15.0 Å². The van der Waals surface area contributed by atoms with E-state index in [0.717, 1.165) is 5.56 Å². The minimum absolute atomic E-state index is 0.147. The Hall–Kier alpha value is -2.89. The fourth-order valence-electron chi connectivity index (χ4n) is 2.37. The summed E-state index contributed by atoms with van der Waals surface area (Å²) in [5.74, 6) is 1.33. The molecule has 0 aliphatic heterocycles. The zero-order valence-corrected chi connectivity index (χ0v) is 12.3. The highest BCUT2D eigenvalue weighted by Crippen LogP contribution is 2.28. The van der Waals surface area contributed by atoms with E-state index < -0.39 is 0 Å². The molecule has 0 unspecified atom stereocenters. The van der Waals surface area contributed by atoms with E-state index >= 15 is 0 Å². The molecule has 0 saturated heterocycles. The second-order valence-electron chi connectivity index (χ2n) is 4.71. The van der Waals surface area contributed by atoms with E-state index in [2.05, 4.69) is 9.97 Å². The Morgan fingerprint density at radius 2 is 1.86 bits per heavy atom. The van der Waals surface area contributed by atoms with Gasteiger partial charge in [-0.2, -0.15) is 0 Å². The molecule has 2 heterocycles. The summed E-state index contributed by atoms with van der Waals surface area (Å²) in [6.07, 6.45) is 4.67. The van der Waals surface area contributed by atoms with E-state index in [-0.39, 0.29) is 5.56 Å². The maximum Gasteiger partial charge on any atom is 0.263 e. The summed E-state index contributed by atoms with van der Waals surface area (Å²) in [5.41, 5.74) is 1.27. The van der Waals surface area contributed by atoms with Gasteiger partial charge in [-0.25, -0.2) is 4.98 Å². The molecule has 0 saturated carbocycles. The van der Waals surface area contributed by atoms with Crippen molar-refractivity contribution in [2.75, 3.05) is 14.2 Å². The van der Waals surface area contributed by atoms with Gasteiger partial charge in [0, 0.05) is 12.4 Å². The Bertz CT molecular complexity index is 852. The molecule has 0 aliphatic carbocycles. The standard InChI is InChI=1S/C16H15N3O3/c1-21-14-4-3-5-15(22-2)12(14)9-19-10-18-13-6-7-17-8-11(13)16(19)20/h3-8,10H,9H2,1-2H3. The molecule has 0 amide bonds. The van der Waals surface area contributed by atoms with Crippen molar-refractivity contribution in [2.24, 2.45) is 0 Å². The van der Waals surface area contributed by atoms with Gasteiger partial charge in [-0.15, -0.1) is 0 Å². The fraction of sp³-hybridized carbons (Fsp3) is 0.188. The van der Waals surface area contributed by atoms with Gasteiger partial charge in [0.05, 0.1) is 43.6 Å². The molecule has 22 heavy (non-hydrogen) atoms. The first-order valence-electron chi connectivity index (χ1n) is 6.73. The van der Waals surface area contributed by atoms with Gasteiger partial charge >= 0.3 is 0 Å². The Morgan fingerprint density at radius 3 is 2.55 bits per heavy atom. The molecule has 0 N–H and O–H groups in total. The zero-order valence-electron chi connectivity index (χ0n) is 12.3. The van der Waals surface area contributed by atoms with Crippen molar-refractivity contribution in [2.45, 2.75) is 6.54 Å². The Morgan fingerprint density at radius 1 is 1.14 bits per heavy atom. The van der Waals surface area contributed by atoms with E-state index in [1.54, 1.807) is 26.5 Å². The first-order valence-corrected chi connectivity index (χ1v) is 6.73. The van der Waals surface area contributed by atoms with Crippen LogP contribution in [0.5, 0.6) is 11.5 Å². The van der Waals surface area contributed by atoms with Crippen LogP contribution >= 0.6 is 0 Å². The molecule has 3 rings (SSSR count). The number of aromatic nitrogens is 3. The normalized spacial score (nSPS) is 10.6. The Balaban J connectivity index is 2.11. The molecular weight excluding hydrogens is 282 g/mol. The third-order valence-corrected chi connectivity index (χ3v) is 3.48. The van der Waals surface area contributed by atoms with Crippen LogP contribution in [0.3, 0.4) is 0 Å². The van der Waals surface area contributed by atoms with Crippen LogP contribution in [0.4, 0.5) is 0 Å². The number of hydrogen-bond donors (Lipinski definition) is 0. The predicted molar refractivity (Wildman–Crippen MR) is 82.4 cm³/mol. The number of rotatable bonds is 4. The van der Waals surface area contributed by atoms with Gasteiger partial charge < -0.3 is 9.47 Å². The number of ether oxygens (including phenoxy) is 2. The molecule has 2 aromatic heterocycles. The highest BCUT2D eigenvalue weighted by atomic mass is 16.5. The lowest BCUT2D eigenvalue weighted by Crippen LogP contribution is -2.21. The van der Waals surface area contributed by atoms with Gasteiger partial charge in [0.2, 0.25) is 0 Å². The van der Waals surface area contributed by atoms with Gasteiger partial charge in [-0.1, -0.05) is 6.07 Å². The average Bonchev–Trinajstić information content (AvgIpc) is 2.57. The number of methoxy groups -OCH3 is 2. The van der Waals surface area contributed by atoms with Crippen molar-refractivity contribution in [3.8, 4) is 11.5 Å². The van der Waals surface area contributed by atoms with Gasteiger partial charge in [-0.05, 0) is 18.2 Å². The summed E-state index contributed by atoms with van der Waals surface area (Å²) < 4.78 is 12.2. The molecule has 1 aromatic carbocycles. The van der Waals surface area contributed by atoms with E-state index in [4.69, 9.17) is 9.47 Å². The second-order valence-corrected chi connectivity index (χ2v) is 4.71. The SMILES string of the molecule is COc1cccc(OC)c1Cn1cnc2ccncc2c1=O. The highest BCUT2D eigenvalue weighted by molar-refractivity contribution is 5.75. The minimum Gasteiger partial charge on any atom is -0.496 e. The maximum absolute atomic E-state index is 12.5.